The number of hydrogen-bond acceptors (Lipinski definition) is 7. The van der Waals surface area contributed by atoms with E-state index in [-0.39, 0.29) is 16.6 Å². The summed E-state index contributed by atoms with van der Waals surface area (Å²) in [6.07, 6.45) is 0.651. The number of nitrogens with zero attached hydrogens (tertiary/aromatic N) is 2. The fourth-order valence-corrected chi connectivity index (χ4v) is 4.06. The Bertz CT molecular complexity index is 989. The first-order chi connectivity index (χ1) is 13.2. The smallest absolute Gasteiger partial charge is 0.269 e. The van der Waals surface area contributed by atoms with E-state index in [1.807, 2.05) is 19.0 Å². The molecule has 150 valence electrons. The molecular weight excluding hydrogens is 386 g/mol. The third-order valence-corrected chi connectivity index (χ3v) is 6.01. The van der Waals surface area contributed by atoms with Crippen LogP contribution in [-0.4, -0.2) is 52.1 Å². The summed E-state index contributed by atoms with van der Waals surface area (Å²) in [7, 11) is 1.51. The van der Waals surface area contributed by atoms with Crippen LogP contribution >= 0.6 is 0 Å². The molecule has 0 radical (unpaired) electrons. The molecule has 0 spiro atoms. The average molecular weight is 407 g/mol. The van der Waals surface area contributed by atoms with Crippen molar-refractivity contribution in [3.8, 4) is 11.5 Å². The molecular formula is C18H21N3O6S. The van der Waals surface area contributed by atoms with Gasteiger partial charge >= 0.3 is 0 Å². The monoisotopic (exact) mass is 407 g/mol. The number of hydrogen-bond donors (Lipinski definition) is 1. The Labute approximate surface area is 163 Å². The summed E-state index contributed by atoms with van der Waals surface area (Å²) in [6, 6.07) is 8.10. The highest BCUT2D eigenvalue weighted by Gasteiger charge is 2.28. The molecule has 1 atom stereocenters. The minimum atomic E-state index is -3.94. The predicted octanol–water partition coefficient (Wildman–Crippen LogP) is 2.27. The van der Waals surface area contributed by atoms with Gasteiger partial charge in [0.1, 0.15) is 18.1 Å². The number of fused-ring (bicyclic) bond motifs is 1. The van der Waals surface area contributed by atoms with Gasteiger partial charge in [0.2, 0.25) is 0 Å². The summed E-state index contributed by atoms with van der Waals surface area (Å²) in [6.45, 7) is 0.416. The average Bonchev–Trinajstić information content (AvgIpc) is 2.67. The van der Waals surface area contributed by atoms with E-state index < -0.39 is 14.9 Å². The van der Waals surface area contributed by atoms with Gasteiger partial charge in [0.05, 0.1) is 22.6 Å². The van der Waals surface area contributed by atoms with Crippen LogP contribution in [0.25, 0.3) is 0 Å². The molecule has 0 saturated heterocycles. The molecule has 2 aromatic carbocycles. The van der Waals surface area contributed by atoms with Crippen molar-refractivity contribution in [2.75, 3.05) is 32.5 Å². The molecule has 0 aliphatic carbocycles. The van der Waals surface area contributed by atoms with E-state index in [1.165, 1.54) is 12.1 Å². The summed E-state index contributed by atoms with van der Waals surface area (Å²) in [4.78, 5) is 12.1. The van der Waals surface area contributed by atoms with Crippen molar-refractivity contribution in [1.29, 1.82) is 0 Å². The molecule has 0 bridgehead atoms. The number of anilines is 1. The van der Waals surface area contributed by atoms with Gasteiger partial charge in [0.25, 0.3) is 15.7 Å². The van der Waals surface area contributed by atoms with Crippen LogP contribution < -0.4 is 14.2 Å². The SMILES string of the molecule is COc1ccc(NS(=O)(=O)c2ccc([N+](=O)[O-])cc2)c2c1C[C@@H](N(C)C)CO2. The van der Waals surface area contributed by atoms with Crippen molar-refractivity contribution in [3.63, 3.8) is 0 Å². The van der Waals surface area contributed by atoms with Crippen molar-refractivity contribution in [2.45, 2.75) is 17.4 Å². The third-order valence-electron chi connectivity index (χ3n) is 4.63. The molecule has 0 aromatic heterocycles. The van der Waals surface area contributed by atoms with Gasteiger partial charge in [0, 0.05) is 23.7 Å². The van der Waals surface area contributed by atoms with Crippen LogP contribution in [0.2, 0.25) is 0 Å². The molecule has 9 nitrogen and oxygen atoms in total. The van der Waals surface area contributed by atoms with Crippen molar-refractivity contribution >= 4 is 21.4 Å². The van der Waals surface area contributed by atoms with Crippen LogP contribution in [0.15, 0.2) is 41.3 Å². The molecule has 0 unspecified atom stereocenters. The lowest BCUT2D eigenvalue weighted by molar-refractivity contribution is -0.384. The first kappa shape index (κ1) is 19.9. The van der Waals surface area contributed by atoms with E-state index in [9.17, 15) is 18.5 Å². The summed E-state index contributed by atoms with van der Waals surface area (Å²) < 4.78 is 39.2. The minimum absolute atomic E-state index is 0.0790. The Morgan fingerprint density at radius 3 is 2.46 bits per heavy atom. The number of methoxy groups -OCH3 is 1. The molecule has 3 rings (SSSR count). The predicted molar refractivity (Wildman–Crippen MR) is 104 cm³/mol. The van der Waals surface area contributed by atoms with Gasteiger partial charge in [-0.3, -0.25) is 14.8 Å². The summed E-state index contributed by atoms with van der Waals surface area (Å²) in [5, 5.41) is 10.8. The zero-order valence-electron chi connectivity index (χ0n) is 15.7. The standard InChI is InChI=1S/C18H21N3O6S/c1-20(2)13-10-15-17(26-3)9-8-16(18(15)27-11-13)19-28(24,25)14-6-4-12(5-7-14)21(22)23/h4-9,13,19H,10-11H2,1-3H3/t13-/m1/s1. The second-order valence-corrected chi connectivity index (χ2v) is 8.29. The topological polar surface area (TPSA) is 111 Å². The highest BCUT2D eigenvalue weighted by molar-refractivity contribution is 7.92. The van der Waals surface area contributed by atoms with Crippen molar-refractivity contribution in [3.05, 3.63) is 52.1 Å². The maximum atomic E-state index is 12.7. The molecule has 1 N–H and O–H groups in total. The minimum Gasteiger partial charge on any atom is -0.496 e. The second kappa shape index (κ2) is 7.64. The highest BCUT2D eigenvalue weighted by atomic mass is 32.2. The lowest BCUT2D eigenvalue weighted by atomic mass is 10.00. The van der Waals surface area contributed by atoms with E-state index in [4.69, 9.17) is 9.47 Å². The fourth-order valence-electron chi connectivity index (χ4n) is 3.00. The number of rotatable bonds is 6. The van der Waals surface area contributed by atoms with Crippen molar-refractivity contribution in [2.24, 2.45) is 0 Å². The van der Waals surface area contributed by atoms with Crippen LogP contribution in [0.5, 0.6) is 11.5 Å². The maximum Gasteiger partial charge on any atom is 0.269 e. The zero-order valence-corrected chi connectivity index (χ0v) is 16.5. The Balaban J connectivity index is 1.94. The molecule has 28 heavy (non-hydrogen) atoms. The Morgan fingerprint density at radius 1 is 1.21 bits per heavy atom. The second-order valence-electron chi connectivity index (χ2n) is 6.61. The summed E-state index contributed by atoms with van der Waals surface area (Å²) in [5.41, 5.74) is 0.904. The van der Waals surface area contributed by atoms with E-state index >= 15 is 0 Å². The van der Waals surface area contributed by atoms with E-state index in [1.54, 1.807) is 19.2 Å². The number of nitro benzene ring substituents is 1. The Hall–Kier alpha value is -2.85. The number of ether oxygens (including phenoxy) is 2. The number of nitrogens with one attached hydrogen (secondary N) is 1. The van der Waals surface area contributed by atoms with Gasteiger partial charge in [-0.15, -0.1) is 0 Å². The zero-order chi connectivity index (χ0) is 20.5. The number of sulfonamides is 1. The molecule has 10 heteroatoms. The van der Waals surface area contributed by atoms with Gasteiger partial charge in [-0.1, -0.05) is 0 Å². The van der Waals surface area contributed by atoms with Gasteiger partial charge in [-0.05, 0) is 44.8 Å². The first-order valence-corrected chi connectivity index (χ1v) is 9.97. The fraction of sp³-hybridized carbons (Fsp3) is 0.333. The first-order valence-electron chi connectivity index (χ1n) is 8.49. The normalized spacial score (nSPS) is 16.2. The Morgan fingerprint density at radius 2 is 1.89 bits per heavy atom. The lowest BCUT2D eigenvalue weighted by Crippen LogP contribution is -2.38. The van der Waals surface area contributed by atoms with E-state index in [0.717, 1.165) is 17.7 Å². The molecule has 0 saturated carbocycles. The van der Waals surface area contributed by atoms with Gasteiger partial charge in [-0.25, -0.2) is 8.42 Å². The molecule has 1 aliphatic rings. The van der Waals surface area contributed by atoms with Gasteiger partial charge in [-0.2, -0.15) is 0 Å². The number of likely N-dealkylation sites (N-methyl/N-ethyl adjacent to an activating group) is 1. The molecule has 2 aromatic rings. The number of nitro groups is 1. The molecule has 0 amide bonds. The third kappa shape index (κ3) is 3.87. The molecule has 0 fully saturated rings. The van der Waals surface area contributed by atoms with Crippen LogP contribution in [0.3, 0.4) is 0 Å². The van der Waals surface area contributed by atoms with Crippen LogP contribution in [-0.2, 0) is 16.4 Å². The number of benzene rings is 2. The van der Waals surface area contributed by atoms with Crippen LogP contribution in [0.1, 0.15) is 5.56 Å². The van der Waals surface area contributed by atoms with Crippen LogP contribution in [0, 0.1) is 10.1 Å². The highest BCUT2D eigenvalue weighted by Crippen LogP contribution is 2.40. The Kier molecular flexibility index (Phi) is 5.43. The lowest BCUT2D eigenvalue weighted by Gasteiger charge is -2.32. The maximum absolute atomic E-state index is 12.7. The van der Waals surface area contributed by atoms with Gasteiger partial charge in [0.15, 0.2) is 0 Å². The van der Waals surface area contributed by atoms with Crippen molar-refractivity contribution < 1.29 is 22.8 Å². The molecule has 1 aliphatic heterocycles. The summed E-state index contributed by atoms with van der Waals surface area (Å²) >= 11 is 0. The summed E-state index contributed by atoms with van der Waals surface area (Å²) in [5.74, 6) is 1.06. The number of non-ortho nitro benzene ring substituents is 1. The van der Waals surface area contributed by atoms with Crippen LogP contribution in [0.4, 0.5) is 11.4 Å². The largest absolute Gasteiger partial charge is 0.496 e. The van der Waals surface area contributed by atoms with Crippen molar-refractivity contribution in [1.82, 2.24) is 4.90 Å². The molecule has 1 heterocycles. The van der Waals surface area contributed by atoms with E-state index in [2.05, 4.69) is 4.72 Å². The van der Waals surface area contributed by atoms with Gasteiger partial charge < -0.3 is 14.4 Å². The van der Waals surface area contributed by atoms with E-state index in [0.29, 0.717) is 30.2 Å². The quantitative estimate of drug-likeness (QED) is 0.577.